The highest BCUT2D eigenvalue weighted by Gasteiger charge is 2.32. The third-order valence-corrected chi connectivity index (χ3v) is 4.78. The normalized spacial score (nSPS) is 17.2. The van der Waals surface area contributed by atoms with Gasteiger partial charge in [-0.2, -0.15) is 0 Å². The molecule has 21 heavy (non-hydrogen) atoms. The summed E-state index contributed by atoms with van der Waals surface area (Å²) in [6.45, 7) is 0. The number of hydrazine groups is 1. The number of rotatable bonds is 5. The van der Waals surface area contributed by atoms with Crippen molar-refractivity contribution in [2.45, 2.75) is 37.6 Å². The highest BCUT2D eigenvalue weighted by atomic mass is 15.2. The number of hydrogen-bond acceptors (Lipinski definition) is 2. The molecule has 1 aliphatic rings. The van der Waals surface area contributed by atoms with Crippen molar-refractivity contribution in [1.82, 2.24) is 5.43 Å². The maximum absolute atomic E-state index is 5.98. The molecule has 3 N–H and O–H groups in total. The molecule has 1 fully saturated rings. The van der Waals surface area contributed by atoms with Crippen LogP contribution in [-0.4, -0.2) is 6.04 Å². The molecular weight excluding hydrogens is 256 g/mol. The average Bonchev–Trinajstić information content (AvgIpc) is 3.08. The maximum Gasteiger partial charge on any atom is 0.0348 e. The van der Waals surface area contributed by atoms with E-state index in [-0.39, 0.29) is 0 Å². The fourth-order valence-corrected chi connectivity index (χ4v) is 3.75. The molecule has 0 spiro atoms. The molecule has 2 aromatic rings. The van der Waals surface area contributed by atoms with E-state index in [0.717, 1.165) is 0 Å². The number of nitrogens with one attached hydrogen (secondary N) is 1. The van der Waals surface area contributed by atoms with Crippen LogP contribution in [0.3, 0.4) is 0 Å². The van der Waals surface area contributed by atoms with Crippen molar-refractivity contribution in [2.75, 3.05) is 0 Å². The number of benzene rings is 2. The second-order valence-electron chi connectivity index (χ2n) is 6.04. The Morgan fingerprint density at radius 2 is 1.29 bits per heavy atom. The van der Waals surface area contributed by atoms with E-state index >= 15 is 0 Å². The molecule has 0 heterocycles. The van der Waals surface area contributed by atoms with E-state index in [1.165, 1.54) is 36.8 Å². The van der Waals surface area contributed by atoms with Gasteiger partial charge in [0, 0.05) is 12.0 Å². The highest BCUT2D eigenvalue weighted by molar-refractivity contribution is 5.34. The summed E-state index contributed by atoms with van der Waals surface area (Å²) in [6, 6.07) is 21.8. The molecule has 2 heteroatoms. The molecule has 2 aromatic carbocycles. The van der Waals surface area contributed by atoms with Crippen LogP contribution < -0.4 is 11.3 Å². The Labute approximate surface area is 127 Å². The molecule has 0 aromatic heterocycles. The Bertz CT molecular complexity index is 493. The molecule has 2 nitrogen and oxygen atoms in total. The van der Waals surface area contributed by atoms with Gasteiger partial charge in [-0.25, -0.2) is 0 Å². The van der Waals surface area contributed by atoms with Crippen LogP contribution in [0.5, 0.6) is 0 Å². The number of nitrogens with two attached hydrogens (primary N) is 1. The van der Waals surface area contributed by atoms with Gasteiger partial charge in [-0.05, 0) is 29.9 Å². The third-order valence-electron chi connectivity index (χ3n) is 4.78. The van der Waals surface area contributed by atoms with Crippen molar-refractivity contribution in [3.05, 3.63) is 71.8 Å². The summed E-state index contributed by atoms with van der Waals surface area (Å²) in [4.78, 5) is 0. The second kappa shape index (κ2) is 6.88. The lowest BCUT2D eigenvalue weighted by Crippen LogP contribution is -2.44. The fourth-order valence-electron chi connectivity index (χ4n) is 3.75. The van der Waals surface area contributed by atoms with E-state index in [2.05, 4.69) is 66.1 Å². The minimum Gasteiger partial charge on any atom is -0.271 e. The van der Waals surface area contributed by atoms with Gasteiger partial charge in [0.1, 0.15) is 0 Å². The first-order valence-corrected chi connectivity index (χ1v) is 7.96. The van der Waals surface area contributed by atoms with Crippen LogP contribution in [0.4, 0.5) is 0 Å². The third kappa shape index (κ3) is 3.17. The van der Waals surface area contributed by atoms with E-state index in [4.69, 9.17) is 5.84 Å². The van der Waals surface area contributed by atoms with Crippen molar-refractivity contribution in [1.29, 1.82) is 0 Å². The first kappa shape index (κ1) is 14.3. The Kier molecular flexibility index (Phi) is 4.69. The summed E-state index contributed by atoms with van der Waals surface area (Å²) >= 11 is 0. The summed E-state index contributed by atoms with van der Waals surface area (Å²) in [5, 5.41) is 0. The van der Waals surface area contributed by atoms with Gasteiger partial charge in [0.15, 0.2) is 0 Å². The molecule has 1 atom stereocenters. The molecule has 1 aliphatic carbocycles. The van der Waals surface area contributed by atoms with Gasteiger partial charge >= 0.3 is 0 Å². The zero-order valence-corrected chi connectivity index (χ0v) is 12.4. The Morgan fingerprint density at radius 3 is 1.71 bits per heavy atom. The largest absolute Gasteiger partial charge is 0.271 e. The molecule has 3 rings (SSSR count). The Balaban J connectivity index is 1.98. The van der Waals surface area contributed by atoms with Crippen LogP contribution >= 0.6 is 0 Å². The summed E-state index contributed by atoms with van der Waals surface area (Å²) in [5.74, 6) is 6.97. The van der Waals surface area contributed by atoms with Crippen molar-refractivity contribution in [3.8, 4) is 0 Å². The molecule has 110 valence electrons. The van der Waals surface area contributed by atoms with Crippen molar-refractivity contribution < 1.29 is 0 Å². The van der Waals surface area contributed by atoms with Crippen LogP contribution in [0.25, 0.3) is 0 Å². The summed E-state index contributed by atoms with van der Waals surface area (Å²) in [6.07, 6.45) is 5.23. The van der Waals surface area contributed by atoms with E-state index < -0.39 is 0 Å². The lowest BCUT2D eigenvalue weighted by atomic mass is 9.79. The maximum atomic E-state index is 5.98. The highest BCUT2D eigenvalue weighted by Crippen LogP contribution is 2.37. The molecule has 0 bridgehead atoms. The Hall–Kier alpha value is -1.64. The molecular formula is C19H24N2. The molecule has 0 aliphatic heterocycles. The van der Waals surface area contributed by atoms with Crippen LogP contribution in [0.15, 0.2) is 60.7 Å². The van der Waals surface area contributed by atoms with Gasteiger partial charge in [0.25, 0.3) is 0 Å². The van der Waals surface area contributed by atoms with E-state index in [1.807, 2.05) is 0 Å². The van der Waals surface area contributed by atoms with Crippen LogP contribution in [0.2, 0.25) is 0 Å². The smallest absolute Gasteiger partial charge is 0.0348 e. The quantitative estimate of drug-likeness (QED) is 0.645. The van der Waals surface area contributed by atoms with Crippen LogP contribution in [-0.2, 0) is 0 Å². The SMILES string of the molecule is NNC(C1CCCC1)C(c1ccccc1)c1ccccc1. The predicted molar refractivity (Wildman–Crippen MR) is 87.8 cm³/mol. The van der Waals surface area contributed by atoms with Gasteiger partial charge in [-0.3, -0.25) is 11.3 Å². The second-order valence-corrected chi connectivity index (χ2v) is 6.04. The monoisotopic (exact) mass is 280 g/mol. The van der Waals surface area contributed by atoms with Gasteiger partial charge < -0.3 is 0 Å². The summed E-state index contributed by atoms with van der Waals surface area (Å²) in [7, 11) is 0. The fraction of sp³-hybridized carbons (Fsp3) is 0.368. The van der Waals surface area contributed by atoms with Gasteiger partial charge in [-0.15, -0.1) is 0 Å². The summed E-state index contributed by atoms with van der Waals surface area (Å²) in [5.41, 5.74) is 5.83. The lowest BCUT2D eigenvalue weighted by Gasteiger charge is -2.32. The topological polar surface area (TPSA) is 38.0 Å². The zero-order chi connectivity index (χ0) is 14.5. The zero-order valence-electron chi connectivity index (χ0n) is 12.4. The first-order valence-electron chi connectivity index (χ1n) is 7.96. The molecule has 1 unspecified atom stereocenters. The van der Waals surface area contributed by atoms with E-state index in [1.54, 1.807) is 0 Å². The standard InChI is InChI=1S/C19H24N2/c20-21-19(17-13-7-8-14-17)18(15-9-3-1-4-10-15)16-11-5-2-6-12-16/h1-6,9-12,17-19,21H,7-8,13-14,20H2. The van der Waals surface area contributed by atoms with Crippen molar-refractivity contribution in [2.24, 2.45) is 11.8 Å². The Morgan fingerprint density at radius 1 is 0.810 bits per heavy atom. The molecule has 1 saturated carbocycles. The van der Waals surface area contributed by atoms with E-state index in [0.29, 0.717) is 17.9 Å². The van der Waals surface area contributed by atoms with Crippen molar-refractivity contribution in [3.63, 3.8) is 0 Å². The first-order chi connectivity index (χ1) is 10.4. The molecule has 0 amide bonds. The van der Waals surface area contributed by atoms with Gasteiger partial charge in [0.2, 0.25) is 0 Å². The predicted octanol–water partition coefficient (Wildman–Crippen LogP) is 3.84. The van der Waals surface area contributed by atoms with Crippen LogP contribution in [0, 0.1) is 5.92 Å². The molecule has 0 saturated heterocycles. The van der Waals surface area contributed by atoms with Gasteiger partial charge in [0.05, 0.1) is 0 Å². The van der Waals surface area contributed by atoms with Gasteiger partial charge in [-0.1, -0.05) is 73.5 Å². The van der Waals surface area contributed by atoms with Crippen LogP contribution in [0.1, 0.15) is 42.7 Å². The minimum absolute atomic E-state index is 0.303. The minimum atomic E-state index is 0.303. The molecule has 0 radical (unpaired) electrons. The number of hydrogen-bond donors (Lipinski definition) is 2. The lowest BCUT2D eigenvalue weighted by molar-refractivity contribution is 0.334. The average molecular weight is 280 g/mol. The van der Waals surface area contributed by atoms with E-state index in [9.17, 15) is 0 Å². The van der Waals surface area contributed by atoms with Crippen molar-refractivity contribution >= 4 is 0 Å². The summed E-state index contributed by atoms with van der Waals surface area (Å²) < 4.78 is 0.